The fourth-order valence-electron chi connectivity index (χ4n) is 1.30. The van der Waals surface area contributed by atoms with Gasteiger partial charge < -0.3 is 21.6 Å². The van der Waals surface area contributed by atoms with Gasteiger partial charge in [-0.1, -0.05) is 28.0 Å². The number of hydrogen-bond donors (Lipinski definition) is 4. The quantitative estimate of drug-likeness (QED) is 0.296. The van der Waals surface area contributed by atoms with E-state index in [-0.39, 0.29) is 11.9 Å². The van der Waals surface area contributed by atoms with Crippen molar-refractivity contribution in [2.75, 3.05) is 11.9 Å². The maximum Gasteiger partial charge on any atom is 0.319 e. The van der Waals surface area contributed by atoms with E-state index in [4.69, 9.17) is 10.9 Å². The Bertz CT molecular complexity index is 462. The van der Waals surface area contributed by atoms with E-state index in [0.717, 1.165) is 10.9 Å². The zero-order valence-corrected chi connectivity index (χ0v) is 11.5. The van der Waals surface area contributed by atoms with Gasteiger partial charge in [0.05, 0.1) is 5.69 Å². The Labute approximate surface area is 113 Å². The Kier molecular flexibility index (Phi) is 5.44. The molecule has 98 valence electrons. The second-order valence-corrected chi connectivity index (χ2v) is 4.47. The fraction of sp³-hybridized carbons (Fsp3) is 0.273. The lowest BCUT2D eigenvalue weighted by atomic mass is 10.1. The van der Waals surface area contributed by atoms with Crippen molar-refractivity contribution in [1.29, 1.82) is 0 Å². The number of nitrogens with two attached hydrogens (primary N) is 1. The predicted molar refractivity (Wildman–Crippen MR) is 74.0 cm³/mol. The minimum Gasteiger partial charge on any atom is -0.409 e. The number of nitrogens with one attached hydrogen (secondary N) is 2. The summed E-state index contributed by atoms with van der Waals surface area (Å²) in [5.74, 6) is -0.0618. The first-order valence-corrected chi connectivity index (χ1v) is 6.20. The van der Waals surface area contributed by atoms with Gasteiger partial charge in [-0.2, -0.15) is 0 Å². The largest absolute Gasteiger partial charge is 0.409 e. The molecule has 0 saturated carbocycles. The van der Waals surface area contributed by atoms with Gasteiger partial charge in [0, 0.05) is 16.6 Å². The molecule has 1 rings (SSSR count). The molecule has 0 heterocycles. The smallest absolute Gasteiger partial charge is 0.319 e. The normalized spacial score (nSPS) is 11.1. The number of benzene rings is 1. The summed E-state index contributed by atoms with van der Waals surface area (Å²) in [4.78, 5) is 11.6. The average molecular weight is 315 g/mol. The van der Waals surface area contributed by atoms with Crippen LogP contribution in [0.3, 0.4) is 0 Å². The predicted octanol–water partition coefficient (Wildman–Crippen LogP) is 2.08. The van der Waals surface area contributed by atoms with Crippen LogP contribution in [0.15, 0.2) is 27.8 Å². The molecule has 2 amide bonds. The number of carbonyl (C=O) groups excluding carboxylic acids is 1. The van der Waals surface area contributed by atoms with Gasteiger partial charge in [-0.05, 0) is 24.6 Å². The molecule has 0 saturated heterocycles. The maximum absolute atomic E-state index is 11.6. The van der Waals surface area contributed by atoms with Crippen molar-refractivity contribution in [2.45, 2.75) is 13.3 Å². The number of oxime groups is 1. The number of rotatable bonds is 4. The van der Waals surface area contributed by atoms with Gasteiger partial charge >= 0.3 is 6.03 Å². The van der Waals surface area contributed by atoms with E-state index >= 15 is 0 Å². The number of amidine groups is 1. The Morgan fingerprint density at radius 1 is 1.56 bits per heavy atom. The second kappa shape index (κ2) is 6.85. The van der Waals surface area contributed by atoms with Gasteiger partial charge in [-0.3, -0.25) is 0 Å². The van der Waals surface area contributed by atoms with Crippen molar-refractivity contribution < 1.29 is 10.0 Å². The van der Waals surface area contributed by atoms with Crippen LogP contribution in [-0.2, 0) is 0 Å². The molecule has 1 aromatic carbocycles. The molecule has 18 heavy (non-hydrogen) atoms. The molecule has 0 aromatic heterocycles. The minimum absolute atomic E-state index is 0.0618. The van der Waals surface area contributed by atoms with Crippen LogP contribution < -0.4 is 16.4 Å². The van der Waals surface area contributed by atoms with Gasteiger partial charge in [0.25, 0.3) is 0 Å². The molecule has 0 unspecified atom stereocenters. The summed E-state index contributed by atoms with van der Waals surface area (Å²) in [6, 6.07) is 4.73. The van der Waals surface area contributed by atoms with Gasteiger partial charge in [0.15, 0.2) is 5.84 Å². The zero-order chi connectivity index (χ0) is 13.5. The van der Waals surface area contributed by atoms with E-state index in [1.165, 1.54) is 0 Å². The van der Waals surface area contributed by atoms with Gasteiger partial charge in [0.2, 0.25) is 0 Å². The van der Waals surface area contributed by atoms with Gasteiger partial charge in [-0.15, -0.1) is 0 Å². The average Bonchev–Trinajstić information content (AvgIpc) is 2.35. The standard InChI is InChI=1S/C11H15BrN4O2/c1-2-5-14-11(17)15-9-6-7(12)3-4-8(9)10(13)16-18/h3-4,6,18H,2,5H2,1H3,(H2,13,16)(H2,14,15,17). The molecule has 0 aliphatic rings. The fourth-order valence-corrected chi connectivity index (χ4v) is 1.66. The topological polar surface area (TPSA) is 99.7 Å². The number of halogens is 1. The molecule has 1 aromatic rings. The van der Waals surface area contributed by atoms with E-state index < -0.39 is 0 Å². The highest BCUT2D eigenvalue weighted by molar-refractivity contribution is 9.10. The molecule has 5 N–H and O–H groups in total. The first-order valence-electron chi connectivity index (χ1n) is 5.40. The molecule has 0 atom stereocenters. The summed E-state index contributed by atoms with van der Waals surface area (Å²) in [5.41, 5.74) is 6.45. The lowest BCUT2D eigenvalue weighted by Crippen LogP contribution is -2.30. The summed E-state index contributed by atoms with van der Waals surface area (Å²) >= 11 is 3.30. The number of hydrogen-bond acceptors (Lipinski definition) is 3. The van der Waals surface area contributed by atoms with Crippen LogP contribution in [0.1, 0.15) is 18.9 Å². The van der Waals surface area contributed by atoms with Crippen LogP contribution in [0.2, 0.25) is 0 Å². The van der Waals surface area contributed by atoms with Gasteiger partial charge in [0.1, 0.15) is 0 Å². The molecule has 7 heteroatoms. The van der Waals surface area contributed by atoms with Crippen LogP contribution in [0, 0.1) is 0 Å². The number of carbonyl (C=O) groups is 1. The van der Waals surface area contributed by atoms with E-state index in [0.29, 0.717) is 17.8 Å². The van der Waals surface area contributed by atoms with Crippen LogP contribution in [-0.4, -0.2) is 23.6 Å². The monoisotopic (exact) mass is 314 g/mol. The Morgan fingerprint density at radius 3 is 2.89 bits per heavy atom. The van der Waals surface area contributed by atoms with Crippen molar-refractivity contribution >= 4 is 33.5 Å². The van der Waals surface area contributed by atoms with Crippen molar-refractivity contribution in [3.63, 3.8) is 0 Å². The SMILES string of the molecule is CCCNC(=O)Nc1cc(Br)ccc1/C(N)=N/O. The van der Waals surface area contributed by atoms with E-state index in [1.807, 2.05) is 6.92 Å². The summed E-state index contributed by atoms with van der Waals surface area (Å²) < 4.78 is 0.780. The highest BCUT2D eigenvalue weighted by Crippen LogP contribution is 2.21. The molecule has 0 aliphatic carbocycles. The molecular formula is C11H15BrN4O2. The lowest BCUT2D eigenvalue weighted by molar-refractivity contribution is 0.252. The molecule has 0 radical (unpaired) electrons. The second-order valence-electron chi connectivity index (χ2n) is 3.56. The van der Waals surface area contributed by atoms with Crippen LogP contribution in [0.5, 0.6) is 0 Å². The summed E-state index contributed by atoms with van der Waals surface area (Å²) in [6.07, 6.45) is 0.846. The molecular weight excluding hydrogens is 300 g/mol. The Morgan fingerprint density at radius 2 is 2.28 bits per heavy atom. The van der Waals surface area contributed by atoms with E-state index in [1.54, 1.807) is 18.2 Å². The van der Waals surface area contributed by atoms with Crippen molar-refractivity contribution in [3.05, 3.63) is 28.2 Å². The first kappa shape index (κ1) is 14.3. The third kappa shape index (κ3) is 3.92. The third-order valence-corrected chi connectivity index (χ3v) is 2.64. The number of nitrogens with zero attached hydrogens (tertiary/aromatic N) is 1. The zero-order valence-electron chi connectivity index (χ0n) is 9.90. The van der Waals surface area contributed by atoms with Crippen LogP contribution in [0.4, 0.5) is 10.5 Å². The third-order valence-electron chi connectivity index (χ3n) is 2.15. The molecule has 6 nitrogen and oxygen atoms in total. The lowest BCUT2D eigenvalue weighted by Gasteiger charge is -2.11. The Hall–Kier alpha value is -1.76. The summed E-state index contributed by atoms with van der Waals surface area (Å²) in [6.45, 7) is 2.54. The van der Waals surface area contributed by atoms with Crippen molar-refractivity contribution in [3.8, 4) is 0 Å². The highest BCUT2D eigenvalue weighted by Gasteiger charge is 2.10. The van der Waals surface area contributed by atoms with Crippen molar-refractivity contribution in [1.82, 2.24) is 5.32 Å². The first-order chi connectivity index (χ1) is 8.58. The van der Waals surface area contributed by atoms with Crippen LogP contribution in [0.25, 0.3) is 0 Å². The maximum atomic E-state index is 11.6. The van der Waals surface area contributed by atoms with Gasteiger partial charge in [-0.25, -0.2) is 4.79 Å². The van der Waals surface area contributed by atoms with Crippen molar-refractivity contribution in [2.24, 2.45) is 10.9 Å². The van der Waals surface area contributed by atoms with E-state index in [2.05, 4.69) is 31.7 Å². The molecule has 0 fully saturated rings. The molecule has 0 spiro atoms. The number of urea groups is 1. The highest BCUT2D eigenvalue weighted by atomic mass is 79.9. The number of anilines is 1. The number of amides is 2. The summed E-state index contributed by atoms with van der Waals surface area (Å²) in [7, 11) is 0. The minimum atomic E-state index is -0.332. The molecule has 0 bridgehead atoms. The Balaban J connectivity index is 2.92. The summed E-state index contributed by atoms with van der Waals surface area (Å²) in [5, 5.41) is 16.9. The van der Waals surface area contributed by atoms with Crippen LogP contribution >= 0.6 is 15.9 Å². The van der Waals surface area contributed by atoms with E-state index in [9.17, 15) is 4.79 Å². The molecule has 0 aliphatic heterocycles.